The fraction of sp³-hybridized carbons (Fsp3) is 0.500. The molecule has 154 valence electrons. The van der Waals surface area contributed by atoms with Gasteiger partial charge in [0.15, 0.2) is 0 Å². The van der Waals surface area contributed by atoms with Gasteiger partial charge in [0.1, 0.15) is 0 Å². The van der Waals surface area contributed by atoms with Crippen LogP contribution in [0.2, 0.25) is 0 Å². The molecule has 2 N–H and O–H groups in total. The summed E-state index contributed by atoms with van der Waals surface area (Å²) >= 11 is 1.69. The minimum absolute atomic E-state index is 0.151. The molecule has 2 aromatic rings. The maximum Gasteiger partial charge on any atom is 0.264 e. The standard InChI is InChI=1S/C24H30N2O2S/c1-24(2,3)18-8-11-20-17(12-18)13-21(29-20)23(28)26(19-9-10-19)14-15-4-6-16(7-5-15)22(25)27/h4-7,13,18-19H,8-12,14H2,1-3H3,(H2,25,27)/t18-/m1/s1. The highest BCUT2D eigenvalue weighted by molar-refractivity contribution is 7.14. The van der Waals surface area contributed by atoms with Gasteiger partial charge in [-0.15, -0.1) is 11.3 Å². The summed E-state index contributed by atoms with van der Waals surface area (Å²) < 4.78 is 0. The first-order valence-corrected chi connectivity index (χ1v) is 11.4. The fourth-order valence-electron chi connectivity index (χ4n) is 4.23. The molecule has 0 bridgehead atoms. The van der Waals surface area contributed by atoms with E-state index < -0.39 is 5.91 Å². The van der Waals surface area contributed by atoms with Crippen molar-refractivity contribution in [3.63, 3.8) is 0 Å². The second kappa shape index (κ2) is 7.60. The number of fused-ring (bicyclic) bond motifs is 1. The van der Waals surface area contributed by atoms with Gasteiger partial charge >= 0.3 is 0 Å². The molecule has 4 nitrogen and oxygen atoms in total. The van der Waals surface area contributed by atoms with Crippen molar-refractivity contribution in [1.29, 1.82) is 0 Å². The minimum atomic E-state index is -0.426. The zero-order chi connectivity index (χ0) is 20.8. The molecular weight excluding hydrogens is 380 g/mol. The molecule has 0 saturated heterocycles. The van der Waals surface area contributed by atoms with Gasteiger partial charge in [-0.3, -0.25) is 9.59 Å². The van der Waals surface area contributed by atoms with Gasteiger partial charge in [0, 0.05) is 23.0 Å². The summed E-state index contributed by atoms with van der Waals surface area (Å²) in [5.41, 5.74) is 8.55. The Hall–Kier alpha value is -2.14. The zero-order valence-electron chi connectivity index (χ0n) is 17.5. The van der Waals surface area contributed by atoms with E-state index in [0.29, 0.717) is 29.5 Å². The Balaban J connectivity index is 1.51. The van der Waals surface area contributed by atoms with Crippen LogP contribution in [0.3, 0.4) is 0 Å². The molecule has 0 unspecified atom stereocenters. The van der Waals surface area contributed by atoms with Crippen LogP contribution in [-0.2, 0) is 19.4 Å². The lowest BCUT2D eigenvalue weighted by Crippen LogP contribution is -2.32. The van der Waals surface area contributed by atoms with E-state index in [2.05, 4.69) is 26.8 Å². The minimum Gasteiger partial charge on any atom is -0.366 e. The van der Waals surface area contributed by atoms with Crippen LogP contribution in [0.5, 0.6) is 0 Å². The SMILES string of the molecule is CC(C)(C)[C@@H]1CCc2sc(C(=O)N(Cc3ccc(C(N)=O)cc3)C3CC3)cc2C1. The number of nitrogens with two attached hydrogens (primary N) is 1. The number of hydrogen-bond acceptors (Lipinski definition) is 3. The monoisotopic (exact) mass is 410 g/mol. The highest BCUT2D eigenvalue weighted by Crippen LogP contribution is 2.41. The van der Waals surface area contributed by atoms with E-state index in [1.54, 1.807) is 23.5 Å². The molecular formula is C24H30N2O2S. The first-order chi connectivity index (χ1) is 13.7. The first kappa shape index (κ1) is 20.1. The molecule has 1 saturated carbocycles. The third-order valence-corrected chi connectivity index (χ3v) is 7.58. The molecule has 4 rings (SSSR count). The lowest BCUT2D eigenvalue weighted by molar-refractivity contribution is 0.0734. The summed E-state index contributed by atoms with van der Waals surface area (Å²) in [6.07, 6.45) is 5.53. The van der Waals surface area contributed by atoms with Gasteiger partial charge in [-0.05, 0) is 72.8 Å². The molecule has 2 aliphatic rings. The Labute approximate surface area is 177 Å². The van der Waals surface area contributed by atoms with Crippen molar-refractivity contribution < 1.29 is 9.59 Å². The molecule has 29 heavy (non-hydrogen) atoms. The zero-order valence-corrected chi connectivity index (χ0v) is 18.3. The van der Waals surface area contributed by atoms with Crippen molar-refractivity contribution in [2.45, 2.75) is 65.5 Å². The summed E-state index contributed by atoms with van der Waals surface area (Å²) in [5, 5.41) is 0. The normalized spacial score (nSPS) is 18.9. The summed E-state index contributed by atoms with van der Waals surface area (Å²) in [7, 11) is 0. The van der Waals surface area contributed by atoms with Crippen LogP contribution in [0.15, 0.2) is 30.3 Å². The average molecular weight is 411 g/mol. The van der Waals surface area contributed by atoms with Gasteiger partial charge in [-0.1, -0.05) is 32.9 Å². The maximum atomic E-state index is 13.4. The Kier molecular flexibility index (Phi) is 5.28. The van der Waals surface area contributed by atoms with Gasteiger partial charge in [0.2, 0.25) is 5.91 Å². The molecule has 1 atom stereocenters. The van der Waals surface area contributed by atoms with E-state index in [-0.39, 0.29) is 5.91 Å². The summed E-state index contributed by atoms with van der Waals surface area (Å²) in [6, 6.07) is 9.77. The van der Waals surface area contributed by atoms with Crippen molar-refractivity contribution >= 4 is 23.2 Å². The molecule has 2 aliphatic carbocycles. The molecule has 0 aliphatic heterocycles. The molecule has 0 radical (unpaired) electrons. The van der Waals surface area contributed by atoms with E-state index in [0.717, 1.165) is 36.1 Å². The van der Waals surface area contributed by atoms with Gasteiger partial charge < -0.3 is 10.6 Å². The van der Waals surface area contributed by atoms with Crippen molar-refractivity contribution in [2.75, 3.05) is 0 Å². The topological polar surface area (TPSA) is 63.4 Å². The summed E-state index contributed by atoms with van der Waals surface area (Å²) in [6.45, 7) is 7.54. The number of thiophene rings is 1. The number of amides is 2. The van der Waals surface area contributed by atoms with Crippen LogP contribution in [0.25, 0.3) is 0 Å². The molecule has 1 aromatic heterocycles. The molecule has 1 fully saturated rings. The number of aryl methyl sites for hydroxylation is 1. The molecule has 1 heterocycles. The number of rotatable bonds is 5. The van der Waals surface area contributed by atoms with Gasteiger partial charge in [-0.2, -0.15) is 0 Å². The van der Waals surface area contributed by atoms with E-state index in [4.69, 9.17) is 5.73 Å². The van der Waals surface area contributed by atoms with Crippen LogP contribution >= 0.6 is 11.3 Å². The van der Waals surface area contributed by atoms with E-state index in [9.17, 15) is 9.59 Å². The largest absolute Gasteiger partial charge is 0.366 e. The predicted molar refractivity (Wildman–Crippen MR) is 117 cm³/mol. The molecule has 0 spiro atoms. The smallest absolute Gasteiger partial charge is 0.264 e. The van der Waals surface area contributed by atoms with Crippen molar-refractivity contribution in [3.8, 4) is 0 Å². The van der Waals surface area contributed by atoms with Crippen LogP contribution in [-0.4, -0.2) is 22.8 Å². The van der Waals surface area contributed by atoms with E-state index >= 15 is 0 Å². The highest BCUT2D eigenvalue weighted by atomic mass is 32.1. The average Bonchev–Trinajstić information content (AvgIpc) is 3.42. The second-order valence-corrected chi connectivity index (χ2v) is 10.7. The van der Waals surface area contributed by atoms with Crippen LogP contribution in [0, 0.1) is 11.3 Å². The maximum absolute atomic E-state index is 13.4. The number of carbonyl (C=O) groups is 2. The van der Waals surface area contributed by atoms with E-state index in [1.807, 2.05) is 17.0 Å². The van der Waals surface area contributed by atoms with Crippen molar-refractivity contribution in [2.24, 2.45) is 17.1 Å². The number of benzene rings is 1. The number of carbonyl (C=O) groups excluding carboxylic acids is 2. The van der Waals surface area contributed by atoms with Crippen LogP contribution in [0.4, 0.5) is 0 Å². The Morgan fingerprint density at radius 3 is 2.41 bits per heavy atom. The molecule has 1 aromatic carbocycles. The number of primary amides is 1. The van der Waals surface area contributed by atoms with Gasteiger partial charge in [0.25, 0.3) is 5.91 Å². The lowest BCUT2D eigenvalue weighted by Gasteiger charge is -2.33. The number of hydrogen-bond donors (Lipinski definition) is 1. The molecule has 2 amide bonds. The van der Waals surface area contributed by atoms with Crippen LogP contribution in [0.1, 0.15) is 76.1 Å². The number of nitrogens with zero attached hydrogens (tertiary/aromatic N) is 1. The molecule has 5 heteroatoms. The van der Waals surface area contributed by atoms with Gasteiger partial charge in [0.05, 0.1) is 4.88 Å². The highest BCUT2D eigenvalue weighted by Gasteiger charge is 2.35. The van der Waals surface area contributed by atoms with Crippen molar-refractivity contribution in [3.05, 3.63) is 56.8 Å². The fourth-order valence-corrected chi connectivity index (χ4v) is 5.40. The van der Waals surface area contributed by atoms with E-state index in [1.165, 1.54) is 16.9 Å². The second-order valence-electron chi connectivity index (χ2n) is 9.59. The van der Waals surface area contributed by atoms with Gasteiger partial charge in [-0.25, -0.2) is 0 Å². The summed E-state index contributed by atoms with van der Waals surface area (Å²) in [5.74, 6) is 0.401. The lowest BCUT2D eigenvalue weighted by atomic mass is 9.72. The first-order valence-electron chi connectivity index (χ1n) is 10.5. The third kappa shape index (κ3) is 4.40. The summed E-state index contributed by atoms with van der Waals surface area (Å²) in [4.78, 5) is 28.9. The third-order valence-electron chi connectivity index (χ3n) is 6.36. The van der Waals surface area contributed by atoms with Crippen LogP contribution < -0.4 is 5.73 Å². The predicted octanol–water partition coefficient (Wildman–Crippen LogP) is 4.80. The Morgan fingerprint density at radius 1 is 1.14 bits per heavy atom. The van der Waals surface area contributed by atoms with Crippen molar-refractivity contribution in [1.82, 2.24) is 4.90 Å². The Bertz CT molecular complexity index is 919. The Morgan fingerprint density at radius 2 is 1.83 bits per heavy atom. The quantitative estimate of drug-likeness (QED) is 0.769.